The van der Waals surface area contributed by atoms with E-state index in [9.17, 15) is 9.59 Å². The minimum atomic E-state index is -0.837. The zero-order valence-electron chi connectivity index (χ0n) is 8.89. The molecule has 0 radical (unpaired) electrons. The Labute approximate surface area is 93.9 Å². The highest BCUT2D eigenvalue weighted by atomic mass is 16.5. The van der Waals surface area contributed by atoms with Gasteiger partial charge in [0.05, 0.1) is 0 Å². The molecule has 0 aromatic heterocycles. The largest absolute Gasteiger partial charge is 0.481 e. The summed E-state index contributed by atoms with van der Waals surface area (Å²) < 4.78 is 5.04. The Kier molecular flexibility index (Phi) is 5.05. The molecule has 0 aliphatic rings. The second-order valence-electron chi connectivity index (χ2n) is 3.39. The van der Waals surface area contributed by atoms with Crippen molar-refractivity contribution in [2.24, 2.45) is 0 Å². The number of rotatable bonds is 6. The Morgan fingerprint density at radius 3 is 2.31 bits per heavy atom. The molecule has 0 unspecified atom stereocenters. The van der Waals surface area contributed by atoms with Crippen molar-refractivity contribution in [3.8, 4) is 5.75 Å². The number of hydrogen-bond donors (Lipinski definition) is 1. The Morgan fingerprint density at radius 2 is 1.69 bits per heavy atom. The Balaban J connectivity index is 2.19. The highest BCUT2D eigenvalue weighted by molar-refractivity contribution is 5.72. The lowest BCUT2D eigenvalue weighted by Crippen LogP contribution is -2.07. The number of unbranched alkanes of at least 4 members (excludes halogenated alkanes) is 1. The summed E-state index contributed by atoms with van der Waals surface area (Å²) in [7, 11) is 0. The van der Waals surface area contributed by atoms with E-state index in [0.717, 1.165) is 0 Å². The number of aliphatic carboxylic acids is 1. The number of ether oxygens (including phenoxy) is 1. The Hall–Kier alpha value is -1.84. The van der Waals surface area contributed by atoms with E-state index in [1.165, 1.54) is 0 Å². The lowest BCUT2D eigenvalue weighted by molar-refractivity contribution is -0.138. The van der Waals surface area contributed by atoms with Crippen LogP contribution in [0.15, 0.2) is 30.3 Å². The van der Waals surface area contributed by atoms with Crippen LogP contribution in [0.3, 0.4) is 0 Å². The van der Waals surface area contributed by atoms with Gasteiger partial charge in [0, 0.05) is 12.8 Å². The Morgan fingerprint density at radius 1 is 1.06 bits per heavy atom. The maximum Gasteiger partial charge on any atom is 0.311 e. The van der Waals surface area contributed by atoms with Crippen molar-refractivity contribution >= 4 is 11.9 Å². The second-order valence-corrected chi connectivity index (χ2v) is 3.39. The molecule has 0 aliphatic carbocycles. The molecule has 0 spiro atoms. The fourth-order valence-corrected chi connectivity index (χ4v) is 1.22. The SMILES string of the molecule is O=C(O)CCCCC(=O)Oc1ccccc1. The number of para-hydroxylation sites is 1. The van der Waals surface area contributed by atoms with E-state index in [1.807, 2.05) is 6.07 Å². The van der Waals surface area contributed by atoms with E-state index in [4.69, 9.17) is 9.84 Å². The molecule has 86 valence electrons. The summed E-state index contributed by atoms with van der Waals surface area (Å²) in [5.74, 6) is -0.640. The van der Waals surface area contributed by atoms with Crippen molar-refractivity contribution in [3.63, 3.8) is 0 Å². The molecule has 0 atom stereocenters. The van der Waals surface area contributed by atoms with Gasteiger partial charge in [-0.25, -0.2) is 0 Å². The Bertz CT molecular complexity index is 345. The predicted molar refractivity (Wildman–Crippen MR) is 58.2 cm³/mol. The van der Waals surface area contributed by atoms with Crippen LogP contribution in [0.2, 0.25) is 0 Å². The number of benzene rings is 1. The summed E-state index contributed by atoms with van der Waals surface area (Å²) in [4.78, 5) is 21.5. The van der Waals surface area contributed by atoms with Crippen LogP contribution >= 0.6 is 0 Å². The first-order valence-corrected chi connectivity index (χ1v) is 5.16. The first kappa shape index (κ1) is 12.2. The number of carbonyl (C=O) groups is 2. The molecule has 16 heavy (non-hydrogen) atoms. The molecule has 1 aromatic rings. The molecule has 0 amide bonds. The van der Waals surface area contributed by atoms with Crippen LogP contribution in [-0.2, 0) is 9.59 Å². The fraction of sp³-hybridized carbons (Fsp3) is 0.333. The average Bonchev–Trinajstić information content (AvgIpc) is 2.25. The molecule has 4 nitrogen and oxygen atoms in total. The summed E-state index contributed by atoms with van der Waals surface area (Å²) in [5.41, 5.74) is 0. The van der Waals surface area contributed by atoms with E-state index < -0.39 is 5.97 Å². The van der Waals surface area contributed by atoms with Gasteiger partial charge in [0.15, 0.2) is 0 Å². The van der Waals surface area contributed by atoms with E-state index >= 15 is 0 Å². The molecule has 0 aliphatic heterocycles. The molecular weight excluding hydrogens is 208 g/mol. The maximum atomic E-state index is 11.3. The van der Waals surface area contributed by atoms with Crippen LogP contribution in [0.1, 0.15) is 25.7 Å². The molecule has 1 rings (SSSR count). The van der Waals surface area contributed by atoms with Crippen LogP contribution in [0.25, 0.3) is 0 Å². The number of carboxylic acids is 1. The van der Waals surface area contributed by atoms with Gasteiger partial charge in [-0.15, -0.1) is 0 Å². The van der Waals surface area contributed by atoms with E-state index in [0.29, 0.717) is 18.6 Å². The van der Waals surface area contributed by atoms with Gasteiger partial charge >= 0.3 is 11.9 Å². The summed E-state index contributed by atoms with van der Waals surface area (Å²) in [5, 5.41) is 8.40. The van der Waals surface area contributed by atoms with Crippen molar-refractivity contribution in [2.75, 3.05) is 0 Å². The predicted octanol–water partition coefficient (Wildman–Crippen LogP) is 2.24. The van der Waals surface area contributed by atoms with Crippen molar-refractivity contribution in [1.29, 1.82) is 0 Å². The van der Waals surface area contributed by atoms with Crippen molar-refractivity contribution < 1.29 is 19.4 Å². The molecule has 0 heterocycles. The third kappa shape index (κ3) is 5.14. The topological polar surface area (TPSA) is 63.6 Å². The summed E-state index contributed by atoms with van der Waals surface area (Å²) >= 11 is 0. The summed E-state index contributed by atoms with van der Waals surface area (Å²) in [6.07, 6.45) is 1.39. The maximum absolute atomic E-state index is 11.3. The van der Waals surface area contributed by atoms with E-state index in [-0.39, 0.29) is 18.8 Å². The molecular formula is C12H14O4. The fourth-order valence-electron chi connectivity index (χ4n) is 1.22. The van der Waals surface area contributed by atoms with Crippen LogP contribution in [-0.4, -0.2) is 17.0 Å². The van der Waals surface area contributed by atoms with Crippen LogP contribution in [0.4, 0.5) is 0 Å². The third-order valence-corrected chi connectivity index (χ3v) is 2.00. The van der Waals surface area contributed by atoms with Crippen LogP contribution in [0.5, 0.6) is 5.75 Å². The second kappa shape index (κ2) is 6.61. The number of carbonyl (C=O) groups excluding carboxylic acids is 1. The number of esters is 1. The number of hydrogen-bond acceptors (Lipinski definition) is 3. The molecule has 4 heteroatoms. The highest BCUT2D eigenvalue weighted by Crippen LogP contribution is 2.10. The van der Waals surface area contributed by atoms with Gasteiger partial charge in [0.2, 0.25) is 0 Å². The number of carboxylic acid groups (broad SMARTS) is 1. The van der Waals surface area contributed by atoms with Gasteiger partial charge in [-0.1, -0.05) is 18.2 Å². The first-order valence-electron chi connectivity index (χ1n) is 5.16. The van der Waals surface area contributed by atoms with Gasteiger partial charge in [-0.05, 0) is 25.0 Å². The van der Waals surface area contributed by atoms with Crippen LogP contribution in [0, 0.1) is 0 Å². The average molecular weight is 222 g/mol. The minimum absolute atomic E-state index is 0.0959. The monoisotopic (exact) mass is 222 g/mol. The van der Waals surface area contributed by atoms with Gasteiger partial charge in [0.25, 0.3) is 0 Å². The molecule has 1 N–H and O–H groups in total. The van der Waals surface area contributed by atoms with E-state index in [1.54, 1.807) is 24.3 Å². The third-order valence-electron chi connectivity index (χ3n) is 2.00. The summed E-state index contributed by atoms with van der Waals surface area (Å²) in [6, 6.07) is 8.81. The molecule has 1 aromatic carbocycles. The molecule has 0 bridgehead atoms. The van der Waals surface area contributed by atoms with Crippen molar-refractivity contribution in [3.05, 3.63) is 30.3 Å². The van der Waals surface area contributed by atoms with Gasteiger partial charge in [0.1, 0.15) is 5.75 Å². The van der Waals surface area contributed by atoms with Crippen LogP contribution < -0.4 is 4.74 Å². The minimum Gasteiger partial charge on any atom is -0.481 e. The lowest BCUT2D eigenvalue weighted by atomic mass is 10.2. The summed E-state index contributed by atoms with van der Waals surface area (Å²) in [6.45, 7) is 0. The zero-order valence-corrected chi connectivity index (χ0v) is 8.89. The lowest BCUT2D eigenvalue weighted by Gasteiger charge is -2.02. The first-order chi connectivity index (χ1) is 7.68. The molecule has 0 fully saturated rings. The van der Waals surface area contributed by atoms with Gasteiger partial charge in [-0.3, -0.25) is 9.59 Å². The van der Waals surface area contributed by atoms with E-state index in [2.05, 4.69) is 0 Å². The molecule has 0 saturated heterocycles. The van der Waals surface area contributed by atoms with Gasteiger partial charge in [-0.2, -0.15) is 0 Å². The van der Waals surface area contributed by atoms with Gasteiger partial charge < -0.3 is 9.84 Å². The smallest absolute Gasteiger partial charge is 0.311 e. The molecule has 0 saturated carbocycles. The normalized spacial score (nSPS) is 9.75. The highest BCUT2D eigenvalue weighted by Gasteiger charge is 2.05. The standard InChI is InChI=1S/C12H14O4/c13-11(14)8-4-5-9-12(15)16-10-6-2-1-3-7-10/h1-3,6-7H,4-5,8-9H2,(H,13,14). The quantitative estimate of drug-likeness (QED) is 0.455. The van der Waals surface area contributed by atoms with Crippen molar-refractivity contribution in [1.82, 2.24) is 0 Å². The zero-order chi connectivity index (χ0) is 11.8. The van der Waals surface area contributed by atoms with Crippen molar-refractivity contribution in [2.45, 2.75) is 25.7 Å².